The van der Waals surface area contributed by atoms with Gasteiger partial charge < -0.3 is 20.1 Å². The summed E-state index contributed by atoms with van der Waals surface area (Å²) >= 11 is 6.10. The van der Waals surface area contributed by atoms with E-state index in [9.17, 15) is 9.59 Å². The molecule has 2 aromatic carbocycles. The molecule has 0 aliphatic carbocycles. The predicted molar refractivity (Wildman–Crippen MR) is 101 cm³/mol. The van der Waals surface area contributed by atoms with E-state index in [2.05, 4.69) is 10.6 Å². The number of rotatable bonds is 7. The van der Waals surface area contributed by atoms with Gasteiger partial charge in [-0.05, 0) is 25.1 Å². The average Bonchev–Trinajstić information content (AvgIpc) is 2.62. The minimum Gasteiger partial charge on any atom is -0.495 e. The molecule has 0 bridgehead atoms. The largest absolute Gasteiger partial charge is 0.495 e. The Hall–Kier alpha value is -2.73. The van der Waals surface area contributed by atoms with Gasteiger partial charge in [0, 0.05) is 24.1 Å². The number of carbonyl (C=O) groups is 2. The molecule has 0 heterocycles. The summed E-state index contributed by atoms with van der Waals surface area (Å²) in [6.07, 6.45) is 0.103. The number of amides is 2. The Morgan fingerprint density at radius 1 is 1.08 bits per heavy atom. The van der Waals surface area contributed by atoms with Crippen molar-refractivity contribution in [2.75, 3.05) is 19.5 Å². The molecule has 0 aliphatic rings. The molecule has 0 fully saturated rings. The van der Waals surface area contributed by atoms with Crippen molar-refractivity contribution in [2.24, 2.45) is 0 Å². The third-order valence-electron chi connectivity index (χ3n) is 3.65. The first-order chi connectivity index (χ1) is 12.4. The van der Waals surface area contributed by atoms with Crippen LogP contribution in [0.15, 0.2) is 42.5 Å². The van der Waals surface area contributed by atoms with Gasteiger partial charge in [-0.1, -0.05) is 29.8 Å². The van der Waals surface area contributed by atoms with Crippen molar-refractivity contribution in [3.05, 3.63) is 53.1 Å². The minimum absolute atomic E-state index is 0.103. The number of anilines is 1. The molecule has 2 rings (SSSR count). The minimum atomic E-state index is -0.345. The van der Waals surface area contributed by atoms with E-state index >= 15 is 0 Å². The molecular formula is C19H21ClN2O4. The zero-order valence-electron chi connectivity index (χ0n) is 14.8. The first-order valence-electron chi connectivity index (χ1n) is 8.02. The SMILES string of the molecule is COc1cc(OC)c(NC(=O)CC(C)NC(=O)c2ccccc2)cc1Cl. The highest BCUT2D eigenvalue weighted by molar-refractivity contribution is 6.32. The van der Waals surface area contributed by atoms with Crippen LogP contribution >= 0.6 is 11.6 Å². The highest BCUT2D eigenvalue weighted by Crippen LogP contribution is 2.35. The highest BCUT2D eigenvalue weighted by atomic mass is 35.5. The third kappa shape index (κ3) is 5.13. The maximum Gasteiger partial charge on any atom is 0.251 e. The summed E-state index contributed by atoms with van der Waals surface area (Å²) < 4.78 is 10.4. The second-order valence-electron chi connectivity index (χ2n) is 5.68. The summed E-state index contributed by atoms with van der Waals surface area (Å²) in [5, 5.41) is 5.89. The maximum absolute atomic E-state index is 12.3. The van der Waals surface area contributed by atoms with Crippen molar-refractivity contribution in [2.45, 2.75) is 19.4 Å². The molecule has 1 unspecified atom stereocenters. The molecule has 26 heavy (non-hydrogen) atoms. The van der Waals surface area contributed by atoms with Crippen LogP contribution in [-0.2, 0) is 4.79 Å². The molecule has 7 heteroatoms. The van der Waals surface area contributed by atoms with E-state index in [4.69, 9.17) is 21.1 Å². The Bertz CT molecular complexity index is 781. The van der Waals surface area contributed by atoms with Crippen molar-refractivity contribution in [3.8, 4) is 11.5 Å². The molecule has 0 aliphatic heterocycles. The quantitative estimate of drug-likeness (QED) is 0.775. The van der Waals surface area contributed by atoms with Gasteiger partial charge >= 0.3 is 0 Å². The standard InChI is InChI=1S/C19H21ClN2O4/c1-12(21-19(24)13-7-5-4-6-8-13)9-18(23)22-15-10-14(20)16(25-2)11-17(15)26-3/h4-8,10-12H,9H2,1-3H3,(H,21,24)(H,22,23). The summed E-state index contributed by atoms with van der Waals surface area (Å²) in [5.41, 5.74) is 0.980. The number of nitrogens with one attached hydrogen (secondary N) is 2. The molecule has 0 aromatic heterocycles. The Balaban J connectivity index is 1.98. The van der Waals surface area contributed by atoms with E-state index in [0.717, 1.165) is 0 Å². The van der Waals surface area contributed by atoms with Crippen molar-refractivity contribution in [1.29, 1.82) is 0 Å². The van der Waals surface area contributed by atoms with E-state index in [1.54, 1.807) is 43.3 Å². The van der Waals surface area contributed by atoms with Crippen LogP contribution in [0.2, 0.25) is 5.02 Å². The summed E-state index contributed by atoms with van der Waals surface area (Å²) in [7, 11) is 2.98. The zero-order valence-corrected chi connectivity index (χ0v) is 15.6. The van der Waals surface area contributed by atoms with Gasteiger partial charge in [0.05, 0.1) is 24.9 Å². The summed E-state index contributed by atoms with van der Waals surface area (Å²) in [6.45, 7) is 1.76. The van der Waals surface area contributed by atoms with Crippen LogP contribution in [0.25, 0.3) is 0 Å². The van der Waals surface area contributed by atoms with Gasteiger partial charge in [-0.15, -0.1) is 0 Å². The van der Waals surface area contributed by atoms with Gasteiger partial charge in [0.1, 0.15) is 11.5 Å². The van der Waals surface area contributed by atoms with E-state index < -0.39 is 0 Å². The number of methoxy groups -OCH3 is 2. The van der Waals surface area contributed by atoms with Crippen molar-refractivity contribution < 1.29 is 19.1 Å². The number of halogens is 1. The van der Waals surface area contributed by atoms with Crippen LogP contribution < -0.4 is 20.1 Å². The molecular weight excluding hydrogens is 356 g/mol. The number of hydrogen-bond donors (Lipinski definition) is 2. The molecule has 0 saturated heterocycles. The molecule has 0 spiro atoms. The van der Waals surface area contributed by atoms with E-state index in [1.807, 2.05) is 6.07 Å². The van der Waals surface area contributed by atoms with Crippen molar-refractivity contribution in [3.63, 3.8) is 0 Å². The van der Waals surface area contributed by atoms with Crippen LogP contribution in [0.1, 0.15) is 23.7 Å². The molecule has 2 N–H and O–H groups in total. The van der Waals surface area contributed by atoms with E-state index in [0.29, 0.717) is 27.8 Å². The molecule has 0 saturated carbocycles. The van der Waals surface area contributed by atoms with Gasteiger partial charge in [-0.3, -0.25) is 9.59 Å². The Morgan fingerprint density at radius 3 is 2.35 bits per heavy atom. The van der Waals surface area contributed by atoms with Gasteiger partial charge in [0.2, 0.25) is 5.91 Å². The van der Waals surface area contributed by atoms with Gasteiger partial charge in [0.25, 0.3) is 5.91 Å². The first kappa shape index (κ1) is 19.6. The van der Waals surface area contributed by atoms with Crippen LogP contribution in [-0.4, -0.2) is 32.1 Å². The monoisotopic (exact) mass is 376 g/mol. The smallest absolute Gasteiger partial charge is 0.251 e. The molecule has 0 radical (unpaired) electrons. The lowest BCUT2D eigenvalue weighted by Crippen LogP contribution is -2.35. The Kier molecular flexibility index (Phi) is 6.86. The molecule has 1 atom stereocenters. The van der Waals surface area contributed by atoms with E-state index in [-0.39, 0.29) is 24.3 Å². The van der Waals surface area contributed by atoms with Gasteiger partial charge in [0.15, 0.2) is 0 Å². The second-order valence-corrected chi connectivity index (χ2v) is 6.09. The van der Waals surface area contributed by atoms with Crippen LogP contribution in [0.5, 0.6) is 11.5 Å². The normalized spacial score (nSPS) is 11.4. The van der Waals surface area contributed by atoms with Crippen LogP contribution in [0.3, 0.4) is 0 Å². The van der Waals surface area contributed by atoms with Gasteiger partial charge in [-0.25, -0.2) is 0 Å². The molecule has 138 valence electrons. The average molecular weight is 377 g/mol. The number of benzene rings is 2. The van der Waals surface area contributed by atoms with Crippen molar-refractivity contribution >= 4 is 29.1 Å². The highest BCUT2D eigenvalue weighted by Gasteiger charge is 2.16. The lowest BCUT2D eigenvalue weighted by molar-refractivity contribution is -0.116. The fourth-order valence-corrected chi connectivity index (χ4v) is 2.63. The van der Waals surface area contributed by atoms with Crippen LogP contribution in [0.4, 0.5) is 5.69 Å². The lowest BCUT2D eigenvalue weighted by Gasteiger charge is -2.16. The lowest BCUT2D eigenvalue weighted by atomic mass is 10.1. The maximum atomic E-state index is 12.3. The number of hydrogen-bond acceptors (Lipinski definition) is 4. The molecule has 6 nitrogen and oxygen atoms in total. The summed E-state index contributed by atoms with van der Waals surface area (Å²) in [5.74, 6) is 0.381. The summed E-state index contributed by atoms with van der Waals surface area (Å²) in [6, 6.07) is 11.6. The summed E-state index contributed by atoms with van der Waals surface area (Å²) in [4.78, 5) is 24.4. The Labute approximate surface area is 157 Å². The first-order valence-corrected chi connectivity index (χ1v) is 8.39. The zero-order chi connectivity index (χ0) is 19.1. The number of carbonyl (C=O) groups excluding carboxylic acids is 2. The fraction of sp³-hybridized carbons (Fsp3) is 0.263. The second kappa shape index (κ2) is 9.10. The van der Waals surface area contributed by atoms with Gasteiger partial charge in [-0.2, -0.15) is 0 Å². The Morgan fingerprint density at radius 2 is 1.73 bits per heavy atom. The third-order valence-corrected chi connectivity index (χ3v) is 3.95. The molecule has 2 amide bonds. The predicted octanol–water partition coefficient (Wildman–Crippen LogP) is 3.50. The van der Waals surface area contributed by atoms with E-state index in [1.165, 1.54) is 14.2 Å². The molecule has 2 aromatic rings. The number of ether oxygens (including phenoxy) is 2. The fourth-order valence-electron chi connectivity index (χ4n) is 2.38. The van der Waals surface area contributed by atoms with Crippen LogP contribution in [0, 0.1) is 0 Å². The van der Waals surface area contributed by atoms with Crippen molar-refractivity contribution in [1.82, 2.24) is 5.32 Å². The topological polar surface area (TPSA) is 76.7 Å².